The third kappa shape index (κ3) is 25.1. The molecule has 2 aromatic carbocycles. The van der Waals surface area contributed by atoms with Crippen molar-refractivity contribution in [2.75, 3.05) is 68.7 Å². The fourth-order valence-corrected chi connectivity index (χ4v) is 11.6. The normalized spacial score (nSPS) is 15.5. The minimum absolute atomic E-state index is 0.0171. The molecule has 0 bridgehead atoms. The number of aliphatic carboxylic acids is 1. The van der Waals surface area contributed by atoms with Crippen LogP contribution in [0.25, 0.3) is 21.8 Å². The molecular formula is C67H79F4N21O15S. The number of likely N-dealkylation sites (tertiary alicyclic amines) is 2. The molecule has 2 saturated heterocycles. The van der Waals surface area contributed by atoms with Crippen molar-refractivity contribution in [3.05, 3.63) is 83.9 Å². The number of aromatic nitrogens is 5. The third-order valence-corrected chi connectivity index (χ3v) is 17.2. The first-order valence-corrected chi connectivity index (χ1v) is 34.6. The molecule has 0 spiro atoms. The van der Waals surface area contributed by atoms with Gasteiger partial charge in [-0.3, -0.25) is 77.0 Å². The zero-order valence-corrected chi connectivity index (χ0v) is 58.8. The van der Waals surface area contributed by atoms with Gasteiger partial charge in [0.2, 0.25) is 65.0 Å². The van der Waals surface area contributed by atoms with E-state index in [4.69, 9.17) is 5.73 Å². The van der Waals surface area contributed by atoms with Crippen molar-refractivity contribution in [3.8, 4) is 12.1 Å². The van der Waals surface area contributed by atoms with Crippen LogP contribution in [-0.2, 0) is 70.6 Å². The minimum Gasteiger partial charge on any atom is -0.480 e. The molecule has 41 heteroatoms. The number of nitrogens with zero attached hydrogens (tertiary/aromatic N) is 9. The highest BCUT2D eigenvalue weighted by molar-refractivity contribution is 7.80. The Morgan fingerprint density at radius 1 is 0.565 bits per heavy atom. The Hall–Kier alpha value is -12.0. The van der Waals surface area contributed by atoms with Crippen molar-refractivity contribution in [1.82, 2.24) is 82.6 Å². The summed E-state index contributed by atoms with van der Waals surface area (Å²) >= 11 is 3.89. The molecule has 2 aliphatic heterocycles. The van der Waals surface area contributed by atoms with Crippen LogP contribution in [-0.4, -0.2) is 223 Å². The summed E-state index contributed by atoms with van der Waals surface area (Å²) in [7, 11) is 0. The lowest BCUT2D eigenvalue weighted by Crippen LogP contribution is -2.53. The molecule has 2 aliphatic rings. The number of hydrogen-bond donors (Lipinski definition) is 14. The molecule has 0 saturated carbocycles. The Balaban J connectivity index is 0.879. The lowest BCUT2D eigenvalue weighted by molar-refractivity contribution is -0.141. The number of unbranched alkanes of at least 4 members (excludes halogenated alkanes) is 2. The fourth-order valence-electron chi connectivity index (χ4n) is 11.3. The van der Waals surface area contributed by atoms with Crippen molar-refractivity contribution in [2.45, 2.75) is 139 Å². The van der Waals surface area contributed by atoms with Gasteiger partial charge in [-0.15, -0.1) is 5.10 Å². The maximum atomic E-state index is 14.0. The van der Waals surface area contributed by atoms with E-state index in [1.54, 1.807) is 12.1 Å². The monoisotopic (exact) mass is 1530 g/mol. The van der Waals surface area contributed by atoms with Crippen molar-refractivity contribution in [1.29, 1.82) is 10.5 Å². The van der Waals surface area contributed by atoms with Crippen LogP contribution < -0.4 is 64.2 Å². The number of thiol groups is 1. The Labute approximate surface area is 618 Å². The Morgan fingerprint density at radius 2 is 1.03 bits per heavy atom. The van der Waals surface area contributed by atoms with Crippen LogP contribution in [0.2, 0.25) is 0 Å². The average molecular weight is 1530 g/mol. The topological polar surface area (TPSA) is 528 Å². The molecule has 576 valence electrons. The summed E-state index contributed by atoms with van der Waals surface area (Å²) in [6.07, 6.45) is 2.16. The van der Waals surface area contributed by atoms with Gasteiger partial charge in [-0.25, -0.2) is 22.4 Å². The minimum atomic E-state index is -3.26. The number of carboxylic acid groups (broad SMARTS) is 1. The van der Waals surface area contributed by atoms with Gasteiger partial charge in [-0.05, 0) is 69.3 Å². The molecule has 0 aliphatic carbocycles. The number of nitrogens with two attached hydrogens (primary N) is 1. The van der Waals surface area contributed by atoms with Gasteiger partial charge in [0.1, 0.15) is 35.9 Å². The lowest BCUT2D eigenvalue weighted by atomic mass is 10.1. The highest BCUT2D eigenvalue weighted by Gasteiger charge is 2.48. The van der Waals surface area contributed by atoms with Gasteiger partial charge in [0.25, 0.3) is 23.7 Å². The Kier molecular flexibility index (Phi) is 30.8. The van der Waals surface area contributed by atoms with E-state index in [-0.39, 0.29) is 128 Å². The summed E-state index contributed by atoms with van der Waals surface area (Å²) in [5.41, 5.74) is 6.69. The van der Waals surface area contributed by atoms with Crippen molar-refractivity contribution in [2.24, 2.45) is 5.73 Å². The predicted molar refractivity (Wildman–Crippen MR) is 375 cm³/mol. The maximum Gasteiger partial charge on any atom is 0.327 e. The van der Waals surface area contributed by atoms with E-state index in [0.29, 0.717) is 34.8 Å². The summed E-state index contributed by atoms with van der Waals surface area (Å²) in [6, 6.07) is 8.50. The molecule has 3 unspecified atom stereocenters. The van der Waals surface area contributed by atoms with Gasteiger partial charge < -0.3 is 79.1 Å². The van der Waals surface area contributed by atoms with Crippen LogP contribution in [0.15, 0.2) is 67.1 Å². The molecule has 7 rings (SSSR count). The maximum absolute atomic E-state index is 14.0. The molecular weight excluding hydrogens is 1450 g/mol. The quantitative estimate of drug-likeness (QED) is 0.0132. The number of para-hydroxylation sites is 2. The molecule has 5 atom stereocenters. The number of carbonyl (C=O) groups is 14. The standard InChI is InChI=1S/C67H79F4N21O15S/c68-66(69)25-39(27-73)91(36-66)57(100)32-81-61(102)43-17-21-76-59-41(43)7-5-11-45(59)83-52(95)15-13-50(93)75-23-19-54(97)85-47(63(104)79-30-55(98)86-48(9-1-3-20-72)64(105)80-31-56(99)87-49(35-108)65(106)107)10-2-4-24-90-34-38(88-89-90)29-78-51(94)14-16-53(96)84-46-12-6-8-42-44(18-22-77-60(42)46)62(103)82-33-58(101)92-37-67(70,71)26-40(92)28-74/h5-8,11-12,17-18,21-22,34,39-40,47-49,108H,1-4,9-10,13-16,19-20,23-26,29-33,35-37,72H2,(H,75,93)(H,78,94)(H,79,104)(H,80,105)(H,81,102)(H,82,103)(H,83,95)(H,84,96)(H,85,97)(H,86,98)(H,87,99)(H,106,107)/t39-,40?,47?,48?,49-/m0/s1. The van der Waals surface area contributed by atoms with Crippen LogP contribution in [0.1, 0.15) is 110 Å². The number of hydrogen-bond acceptors (Lipinski definition) is 22. The van der Waals surface area contributed by atoms with Gasteiger partial charge in [0, 0.05) is 87.0 Å². The first-order chi connectivity index (χ1) is 51.5. The van der Waals surface area contributed by atoms with Gasteiger partial charge in [-0.1, -0.05) is 29.5 Å². The highest BCUT2D eigenvalue weighted by atomic mass is 32.1. The molecule has 5 heterocycles. The number of alkyl halides is 4. The number of aryl methyl sites for hydroxylation is 1. The Bertz CT molecular complexity index is 4290. The van der Waals surface area contributed by atoms with E-state index in [2.05, 4.69) is 91.4 Å². The molecule has 36 nitrogen and oxygen atoms in total. The molecule has 3 aromatic heterocycles. The smallest absolute Gasteiger partial charge is 0.327 e. The van der Waals surface area contributed by atoms with Gasteiger partial charge >= 0.3 is 5.97 Å². The number of halogens is 4. The van der Waals surface area contributed by atoms with Gasteiger partial charge in [-0.2, -0.15) is 23.2 Å². The largest absolute Gasteiger partial charge is 0.480 e. The first kappa shape index (κ1) is 83.3. The fraction of sp³-hybridized carbons (Fsp3) is 0.463. The van der Waals surface area contributed by atoms with E-state index in [0.717, 1.165) is 0 Å². The number of carboxylic acids is 1. The zero-order chi connectivity index (χ0) is 78.7. The second-order valence-electron chi connectivity index (χ2n) is 25.0. The van der Waals surface area contributed by atoms with Crippen LogP contribution in [0, 0.1) is 22.7 Å². The van der Waals surface area contributed by atoms with Gasteiger partial charge in [0.05, 0.1) is 97.7 Å². The average Bonchev–Trinajstić information content (AvgIpc) is 0.922. The van der Waals surface area contributed by atoms with Crippen molar-refractivity contribution < 1.29 is 89.8 Å². The van der Waals surface area contributed by atoms with Crippen molar-refractivity contribution in [3.63, 3.8) is 0 Å². The number of fused-ring (bicyclic) bond motifs is 2. The number of pyridine rings is 2. The number of amides is 13. The van der Waals surface area contributed by atoms with E-state index in [1.807, 2.05) is 0 Å². The van der Waals surface area contributed by atoms with Crippen LogP contribution in [0.5, 0.6) is 0 Å². The second kappa shape index (κ2) is 39.9. The molecule has 14 N–H and O–H groups in total. The van der Waals surface area contributed by atoms with E-state index in [9.17, 15) is 100 Å². The predicted octanol–water partition coefficient (Wildman–Crippen LogP) is -0.686. The molecule has 0 radical (unpaired) electrons. The number of rotatable bonds is 39. The second-order valence-corrected chi connectivity index (χ2v) is 25.3. The van der Waals surface area contributed by atoms with Crippen LogP contribution in [0.3, 0.4) is 0 Å². The number of benzene rings is 2. The van der Waals surface area contributed by atoms with Gasteiger partial charge in [0.15, 0.2) is 0 Å². The highest BCUT2D eigenvalue weighted by Crippen LogP contribution is 2.33. The molecule has 13 amide bonds. The number of nitriles is 2. The summed E-state index contributed by atoms with van der Waals surface area (Å²) in [6.45, 7) is -4.53. The summed E-state index contributed by atoms with van der Waals surface area (Å²) in [5.74, 6) is -17.9. The Morgan fingerprint density at radius 3 is 1.50 bits per heavy atom. The summed E-state index contributed by atoms with van der Waals surface area (Å²) in [4.78, 5) is 191. The molecule has 5 aromatic rings. The lowest BCUT2D eigenvalue weighted by Gasteiger charge is -2.21. The SMILES string of the molecule is N#CC1CC(F)(F)CN1C(=O)CNC(=O)c1ccnc2c(NC(=O)CCC(=O)NCc3cn(CCCCC(NC(=O)CCNC(=O)CCC(=O)Nc4cccc5c(C(=O)NCC(=O)N6CC(F)(F)C[C@H]6C#N)ccnc45)C(=O)NCC(=O)NC(CCCCN)C(=O)NCC(=O)N[C@@H](CS)C(=O)O)nn3)cccc12. The number of nitrogens with one attached hydrogen (secondary N) is 11. The number of carbonyl (C=O) groups excluding carboxylic acids is 13. The van der Waals surface area contributed by atoms with E-state index in [1.165, 1.54) is 71.8 Å². The summed E-state index contributed by atoms with van der Waals surface area (Å²) < 4.78 is 57.2. The van der Waals surface area contributed by atoms with Crippen LogP contribution >= 0.6 is 12.6 Å². The van der Waals surface area contributed by atoms with E-state index >= 15 is 0 Å². The first-order valence-electron chi connectivity index (χ1n) is 34.0. The number of anilines is 2. The van der Waals surface area contributed by atoms with E-state index < -0.39 is 177 Å². The van der Waals surface area contributed by atoms with Crippen molar-refractivity contribution >= 4 is 129 Å². The zero-order valence-electron chi connectivity index (χ0n) is 57.9. The summed E-state index contributed by atoms with van der Waals surface area (Å²) in [5, 5.41) is 63.7. The third-order valence-electron chi connectivity index (χ3n) is 16.8. The van der Waals surface area contributed by atoms with Crippen LogP contribution in [0.4, 0.5) is 28.9 Å². The molecule has 2 fully saturated rings. The molecule has 108 heavy (non-hydrogen) atoms.